The van der Waals surface area contributed by atoms with Crippen LogP contribution in [0.2, 0.25) is 0 Å². The third kappa shape index (κ3) is 7.16. The van der Waals surface area contributed by atoms with Crippen LogP contribution in [0.5, 0.6) is 0 Å². The smallest absolute Gasteiger partial charge is 0.407 e. The first-order chi connectivity index (χ1) is 9.65. The van der Waals surface area contributed by atoms with Gasteiger partial charge in [0.05, 0.1) is 0 Å². The van der Waals surface area contributed by atoms with Gasteiger partial charge in [-0.15, -0.1) is 0 Å². The summed E-state index contributed by atoms with van der Waals surface area (Å²) >= 11 is 0. The SMILES string of the molecule is CCC.C[C@@H]1CCC[C@H](OC(=O)NC2CCCCC2)C1.[HH]. The van der Waals surface area contributed by atoms with Crippen LogP contribution in [0, 0.1) is 5.92 Å². The Morgan fingerprint density at radius 1 is 1.10 bits per heavy atom. The van der Waals surface area contributed by atoms with E-state index in [9.17, 15) is 4.79 Å². The predicted molar refractivity (Wildman–Crippen MR) is 86.0 cm³/mol. The zero-order chi connectivity index (χ0) is 14.8. The molecule has 1 amide bonds. The number of rotatable bonds is 2. The molecule has 20 heavy (non-hydrogen) atoms. The standard InChI is InChI=1S/C14H25NO2.C3H8.H2/c1-11-6-5-9-13(10-11)17-14(16)15-12-7-3-2-4-8-12;1-3-2;/h11-13H,2-10H2,1H3,(H,15,16);3H2,1-2H3;1H/t11-,13+;;/m1../s1. The van der Waals surface area contributed by atoms with Crippen LogP contribution in [-0.2, 0) is 4.74 Å². The summed E-state index contributed by atoms with van der Waals surface area (Å²) in [6.07, 6.45) is 11.8. The number of carbonyl (C=O) groups excluding carboxylic acids is 1. The molecule has 2 fully saturated rings. The van der Waals surface area contributed by atoms with Crippen LogP contribution in [0.15, 0.2) is 0 Å². The van der Waals surface area contributed by atoms with Gasteiger partial charge in [-0.2, -0.15) is 0 Å². The largest absolute Gasteiger partial charge is 0.446 e. The van der Waals surface area contributed by atoms with E-state index in [2.05, 4.69) is 26.1 Å². The number of alkyl carbamates (subject to hydrolysis) is 1. The Labute approximate surface area is 126 Å². The third-order valence-corrected chi connectivity index (χ3v) is 4.09. The van der Waals surface area contributed by atoms with E-state index in [-0.39, 0.29) is 13.6 Å². The van der Waals surface area contributed by atoms with E-state index in [1.165, 1.54) is 38.5 Å². The topological polar surface area (TPSA) is 38.3 Å². The Balaban J connectivity index is 0.000000922. The Kier molecular flexibility index (Phi) is 8.72. The zero-order valence-corrected chi connectivity index (χ0v) is 13.6. The first-order valence-electron chi connectivity index (χ1n) is 8.62. The third-order valence-electron chi connectivity index (χ3n) is 4.09. The monoisotopic (exact) mass is 285 g/mol. The highest BCUT2D eigenvalue weighted by Crippen LogP contribution is 2.26. The molecule has 0 bridgehead atoms. The van der Waals surface area contributed by atoms with E-state index in [1.54, 1.807) is 0 Å². The molecular formula is C17H35NO2. The molecule has 0 radical (unpaired) electrons. The maximum absolute atomic E-state index is 11.8. The zero-order valence-electron chi connectivity index (χ0n) is 13.6. The summed E-state index contributed by atoms with van der Waals surface area (Å²) in [4.78, 5) is 11.8. The molecular weight excluding hydrogens is 250 g/mol. The number of nitrogens with one attached hydrogen (secondary N) is 1. The van der Waals surface area contributed by atoms with Crippen molar-refractivity contribution in [3.63, 3.8) is 0 Å². The lowest BCUT2D eigenvalue weighted by atomic mass is 9.89. The van der Waals surface area contributed by atoms with E-state index in [4.69, 9.17) is 4.74 Å². The minimum Gasteiger partial charge on any atom is -0.446 e. The van der Waals surface area contributed by atoms with Gasteiger partial charge in [0.2, 0.25) is 0 Å². The van der Waals surface area contributed by atoms with E-state index in [0.717, 1.165) is 25.7 Å². The number of carbonyl (C=O) groups is 1. The summed E-state index contributed by atoms with van der Waals surface area (Å²) in [5.41, 5.74) is 0. The average Bonchev–Trinajstić information content (AvgIpc) is 2.40. The second kappa shape index (κ2) is 10.1. The summed E-state index contributed by atoms with van der Waals surface area (Å²) in [7, 11) is 0. The molecule has 0 saturated heterocycles. The quantitative estimate of drug-likeness (QED) is 0.749. The fraction of sp³-hybridized carbons (Fsp3) is 0.941. The van der Waals surface area contributed by atoms with Crippen LogP contribution in [0.25, 0.3) is 0 Å². The molecule has 0 spiro atoms. The molecule has 0 aromatic rings. The van der Waals surface area contributed by atoms with Gasteiger partial charge < -0.3 is 10.1 Å². The van der Waals surface area contributed by atoms with Crippen LogP contribution >= 0.6 is 0 Å². The fourth-order valence-corrected chi connectivity index (χ4v) is 3.08. The van der Waals surface area contributed by atoms with Gasteiger partial charge in [0, 0.05) is 7.47 Å². The Hall–Kier alpha value is -0.730. The van der Waals surface area contributed by atoms with Crippen molar-refractivity contribution in [1.29, 1.82) is 0 Å². The fourth-order valence-electron chi connectivity index (χ4n) is 3.08. The molecule has 3 heteroatoms. The lowest BCUT2D eigenvalue weighted by Gasteiger charge is -2.28. The first-order valence-corrected chi connectivity index (χ1v) is 8.62. The van der Waals surface area contributed by atoms with E-state index < -0.39 is 0 Å². The van der Waals surface area contributed by atoms with Gasteiger partial charge in [-0.25, -0.2) is 4.79 Å². The van der Waals surface area contributed by atoms with Gasteiger partial charge in [-0.05, 0) is 38.0 Å². The number of hydrogen-bond acceptors (Lipinski definition) is 2. The van der Waals surface area contributed by atoms with Crippen molar-refractivity contribution in [2.24, 2.45) is 5.92 Å². The van der Waals surface area contributed by atoms with Crippen LogP contribution in [0.4, 0.5) is 4.79 Å². The number of ether oxygens (including phenoxy) is 1. The van der Waals surface area contributed by atoms with E-state index >= 15 is 0 Å². The molecule has 0 heterocycles. The van der Waals surface area contributed by atoms with Gasteiger partial charge in [-0.1, -0.05) is 52.9 Å². The van der Waals surface area contributed by atoms with Gasteiger partial charge in [0.15, 0.2) is 0 Å². The van der Waals surface area contributed by atoms with Gasteiger partial charge in [0.1, 0.15) is 6.10 Å². The molecule has 3 nitrogen and oxygen atoms in total. The second-order valence-corrected chi connectivity index (χ2v) is 6.49. The number of hydrogen-bond donors (Lipinski definition) is 1. The van der Waals surface area contributed by atoms with Crippen molar-refractivity contribution < 1.29 is 11.0 Å². The minimum absolute atomic E-state index is 0. The lowest BCUT2D eigenvalue weighted by molar-refractivity contribution is 0.0592. The van der Waals surface area contributed by atoms with Crippen LogP contribution in [0.3, 0.4) is 0 Å². The maximum atomic E-state index is 11.8. The molecule has 0 aromatic carbocycles. The average molecular weight is 285 g/mol. The van der Waals surface area contributed by atoms with Gasteiger partial charge in [0.25, 0.3) is 0 Å². The molecule has 120 valence electrons. The van der Waals surface area contributed by atoms with Crippen LogP contribution in [-0.4, -0.2) is 18.2 Å². The summed E-state index contributed by atoms with van der Waals surface area (Å²) < 4.78 is 5.51. The number of amides is 1. The van der Waals surface area contributed by atoms with Crippen LogP contribution < -0.4 is 5.32 Å². The highest BCUT2D eigenvalue weighted by atomic mass is 16.6. The Morgan fingerprint density at radius 2 is 1.75 bits per heavy atom. The second-order valence-electron chi connectivity index (χ2n) is 6.49. The molecule has 1 N–H and O–H groups in total. The molecule has 2 saturated carbocycles. The summed E-state index contributed by atoms with van der Waals surface area (Å²) in [6, 6.07) is 0.359. The Morgan fingerprint density at radius 3 is 2.35 bits per heavy atom. The van der Waals surface area contributed by atoms with Gasteiger partial charge in [-0.3, -0.25) is 0 Å². The molecule has 0 aromatic heterocycles. The van der Waals surface area contributed by atoms with Crippen molar-refractivity contribution in [3.05, 3.63) is 0 Å². The van der Waals surface area contributed by atoms with Crippen molar-refractivity contribution >= 4 is 6.09 Å². The molecule has 0 unspecified atom stereocenters. The highest BCUT2D eigenvalue weighted by Gasteiger charge is 2.23. The molecule has 2 aliphatic rings. The molecule has 0 aliphatic heterocycles. The van der Waals surface area contributed by atoms with Crippen molar-refractivity contribution in [2.45, 2.75) is 97.1 Å². The maximum Gasteiger partial charge on any atom is 0.407 e. The molecule has 2 rings (SSSR count). The first kappa shape index (κ1) is 17.3. The summed E-state index contributed by atoms with van der Waals surface area (Å²) in [5.74, 6) is 0.705. The molecule has 2 aliphatic carbocycles. The van der Waals surface area contributed by atoms with Crippen molar-refractivity contribution in [1.82, 2.24) is 5.32 Å². The summed E-state index contributed by atoms with van der Waals surface area (Å²) in [5, 5.41) is 3.02. The summed E-state index contributed by atoms with van der Waals surface area (Å²) in [6.45, 7) is 6.49. The minimum atomic E-state index is -0.184. The lowest BCUT2D eigenvalue weighted by Crippen LogP contribution is -2.39. The van der Waals surface area contributed by atoms with E-state index in [0.29, 0.717) is 12.0 Å². The highest BCUT2D eigenvalue weighted by molar-refractivity contribution is 5.67. The van der Waals surface area contributed by atoms with E-state index in [1.807, 2.05) is 0 Å². The normalized spacial score (nSPS) is 27.1. The molecule has 2 atom stereocenters. The predicted octanol–water partition coefficient (Wildman–Crippen LogP) is 5.29. The van der Waals surface area contributed by atoms with Crippen LogP contribution in [0.1, 0.15) is 86.4 Å². The van der Waals surface area contributed by atoms with Crippen molar-refractivity contribution in [2.75, 3.05) is 0 Å². The Bertz CT molecular complexity index is 268. The van der Waals surface area contributed by atoms with Crippen molar-refractivity contribution in [3.8, 4) is 0 Å². The van der Waals surface area contributed by atoms with Gasteiger partial charge >= 0.3 is 6.09 Å².